The second-order valence-corrected chi connectivity index (χ2v) is 4.41. The number of aromatic nitrogens is 1. The monoisotopic (exact) mass is 236 g/mol. The fourth-order valence-electron chi connectivity index (χ4n) is 2.31. The first-order valence-corrected chi connectivity index (χ1v) is 6.47. The van der Waals surface area contributed by atoms with E-state index in [-0.39, 0.29) is 5.78 Å². The van der Waals surface area contributed by atoms with Gasteiger partial charge in [0.2, 0.25) is 0 Å². The smallest absolute Gasteiger partial charge is 0.178 e. The van der Waals surface area contributed by atoms with Crippen LogP contribution in [0.4, 0.5) is 0 Å². The van der Waals surface area contributed by atoms with Crippen LogP contribution in [0.25, 0.3) is 0 Å². The number of rotatable bonds is 6. The first kappa shape index (κ1) is 14.0. The minimum atomic E-state index is 0.238. The van der Waals surface area contributed by atoms with E-state index in [0.29, 0.717) is 6.54 Å². The minimum absolute atomic E-state index is 0.238. The maximum absolute atomic E-state index is 12.2. The van der Waals surface area contributed by atoms with Crippen molar-refractivity contribution in [2.45, 2.75) is 41.2 Å². The van der Waals surface area contributed by atoms with Crippen LogP contribution in [0.15, 0.2) is 6.07 Å². The number of ketones is 1. The van der Waals surface area contributed by atoms with E-state index in [9.17, 15) is 4.79 Å². The van der Waals surface area contributed by atoms with Crippen LogP contribution < -0.4 is 0 Å². The third kappa shape index (κ3) is 2.97. The molecule has 0 saturated heterocycles. The molecular weight excluding hydrogens is 212 g/mol. The van der Waals surface area contributed by atoms with Crippen LogP contribution in [0.1, 0.15) is 42.5 Å². The van der Waals surface area contributed by atoms with Crippen molar-refractivity contribution in [3.8, 4) is 0 Å². The van der Waals surface area contributed by atoms with Gasteiger partial charge in [0.1, 0.15) is 0 Å². The standard InChI is InChI=1S/C14H24N2O/c1-6-15(7-2)10-14(17)13-9-11(4)16(8-3)12(13)5/h9H,6-8,10H2,1-5H3. The van der Waals surface area contributed by atoms with E-state index in [0.717, 1.165) is 30.9 Å². The predicted octanol–water partition coefficient (Wildman–Crippen LogP) is 2.65. The van der Waals surface area contributed by atoms with E-state index in [1.54, 1.807) is 0 Å². The molecule has 96 valence electrons. The number of hydrogen-bond donors (Lipinski definition) is 0. The van der Waals surface area contributed by atoms with Gasteiger partial charge in [-0.25, -0.2) is 0 Å². The van der Waals surface area contributed by atoms with E-state index in [1.165, 1.54) is 5.69 Å². The summed E-state index contributed by atoms with van der Waals surface area (Å²) in [5.74, 6) is 0.238. The number of hydrogen-bond acceptors (Lipinski definition) is 2. The molecule has 0 spiro atoms. The van der Waals surface area contributed by atoms with E-state index in [2.05, 4.69) is 37.2 Å². The zero-order valence-electron chi connectivity index (χ0n) is 11.7. The van der Waals surface area contributed by atoms with E-state index in [1.807, 2.05) is 13.0 Å². The Morgan fingerprint density at radius 3 is 2.24 bits per heavy atom. The second kappa shape index (κ2) is 6.01. The molecule has 17 heavy (non-hydrogen) atoms. The number of aryl methyl sites for hydroxylation is 1. The molecule has 1 aromatic rings. The summed E-state index contributed by atoms with van der Waals surface area (Å²) < 4.78 is 2.19. The maximum atomic E-state index is 12.2. The van der Waals surface area contributed by atoms with Crippen molar-refractivity contribution in [1.82, 2.24) is 9.47 Å². The Morgan fingerprint density at radius 1 is 1.24 bits per heavy atom. The molecule has 0 radical (unpaired) electrons. The van der Waals surface area contributed by atoms with Crippen LogP contribution >= 0.6 is 0 Å². The molecule has 3 heteroatoms. The quantitative estimate of drug-likeness (QED) is 0.709. The van der Waals surface area contributed by atoms with Crippen LogP contribution in [0.5, 0.6) is 0 Å². The van der Waals surface area contributed by atoms with Crippen molar-refractivity contribution >= 4 is 5.78 Å². The van der Waals surface area contributed by atoms with Crippen molar-refractivity contribution in [3.05, 3.63) is 23.0 Å². The van der Waals surface area contributed by atoms with Gasteiger partial charge in [-0.2, -0.15) is 0 Å². The minimum Gasteiger partial charge on any atom is -0.349 e. The number of carbonyl (C=O) groups excluding carboxylic acids is 1. The molecule has 0 bridgehead atoms. The first-order chi connectivity index (χ1) is 8.04. The fraction of sp³-hybridized carbons (Fsp3) is 0.643. The van der Waals surface area contributed by atoms with Gasteiger partial charge in [-0.3, -0.25) is 9.69 Å². The molecule has 0 aliphatic heterocycles. The fourth-order valence-corrected chi connectivity index (χ4v) is 2.31. The van der Waals surface area contributed by atoms with Gasteiger partial charge in [0.05, 0.1) is 6.54 Å². The lowest BCUT2D eigenvalue weighted by Crippen LogP contribution is -2.29. The average Bonchev–Trinajstić information content (AvgIpc) is 2.61. The van der Waals surface area contributed by atoms with Gasteiger partial charge in [0.25, 0.3) is 0 Å². The first-order valence-electron chi connectivity index (χ1n) is 6.47. The van der Waals surface area contributed by atoms with Crippen LogP contribution in [0, 0.1) is 13.8 Å². The Hall–Kier alpha value is -1.09. The number of likely N-dealkylation sites (N-methyl/N-ethyl adjacent to an activating group) is 1. The van der Waals surface area contributed by atoms with Crippen LogP contribution in [-0.2, 0) is 6.54 Å². The second-order valence-electron chi connectivity index (χ2n) is 4.41. The molecule has 0 unspecified atom stereocenters. The summed E-state index contributed by atoms with van der Waals surface area (Å²) in [5, 5.41) is 0. The highest BCUT2D eigenvalue weighted by molar-refractivity contribution is 5.99. The molecule has 1 rings (SSSR count). The van der Waals surface area contributed by atoms with Crippen LogP contribution in [0.3, 0.4) is 0 Å². The lowest BCUT2D eigenvalue weighted by molar-refractivity contribution is 0.0936. The molecular formula is C14H24N2O. The Bertz CT molecular complexity index is 389. The molecule has 0 saturated carbocycles. The maximum Gasteiger partial charge on any atom is 0.178 e. The predicted molar refractivity (Wildman–Crippen MR) is 71.7 cm³/mol. The highest BCUT2D eigenvalue weighted by atomic mass is 16.1. The number of Topliss-reactive ketones (excluding diaryl/α,β-unsaturated/α-hetero) is 1. The van der Waals surface area contributed by atoms with Gasteiger partial charge in [0, 0.05) is 23.5 Å². The Balaban J connectivity index is 2.89. The van der Waals surface area contributed by atoms with Gasteiger partial charge in [0.15, 0.2) is 5.78 Å². The Kier molecular flexibility index (Phi) is 4.94. The van der Waals surface area contributed by atoms with Gasteiger partial charge < -0.3 is 4.57 Å². The summed E-state index contributed by atoms with van der Waals surface area (Å²) in [5.41, 5.74) is 3.16. The summed E-state index contributed by atoms with van der Waals surface area (Å²) in [6.07, 6.45) is 0. The highest BCUT2D eigenvalue weighted by Crippen LogP contribution is 2.15. The van der Waals surface area contributed by atoms with Gasteiger partial charge >= 0.3 is 0 Å². The third-order valence-corrected chi connectivity index (χ3v) is 3.45. The molecule has 0 N–H and O–H groups in total. The highest BCUT2D eigenvalue weighted by Gasteiger charge is 2.16. The molecule has 0 aliphatic carbocycles. The summed E-state index contributed by atoms with van der Waals surface area (Å²) in [7, 11) is 0. The Morgan fingerprint density at radius 2 is 1.82 bits per heavy atom. The lowest BCUT2D eigenvalue weighted by atomic mass is 10.1. The summed E-state index contributed by atoms with van der Waals surface area (Å²) in [6.45, 7) is 13.7. The zero-order chi connectivity index (χ0) is 13.0. The molecule has 0 aliphatic rings. The van der Waals surface area contributed by atoms with Gasteiger partial charge in [-0.15, -0.1) is 0 Å². The van der Waals surface area contributed by atoms with Crippen molar-refractivity contribution in [2.75, 3.05) is 19.6 Å². The molecule has 0 aromatic carbocycles. The Labute approximate surface area is 104 Å². The molecule has 0 amide bonds. The topological polar surface area (TPSA) is 25.2 Å². The number of nitrogens with zero attached hydrogens (tertiary/aromatic N) is 2. The molecule has 0 fully saturated rings. The summed E-state index contributed by atoms with van der Waals surface area (Å²) >= 11 is 0. The van der Waals surface area contributed by atoms with Crippen molar-refractivity contribution in [1.29, 1.82) is 0 Å². The zero-order valence-corrected chi connectivity index (χ0v) is 11.7. The van der Waals surface area contributed by atoms with E-state index >= 15 is 0 Å². The molecule has 0 atom stereocenters. The van der Waals surface area contributed by atoms with Crippen LogP contribution in [0.2, 0.25) is 0 Å². The number of carbonyl (C=O) groups is 1. The van der Waals surface area contributed by atoms with Crippen molar-refractivity contribution in [3.63, 3.8) is 0 Å². The third-order valence-electron chi connectivity index (χ3n) is 3.45. The lowest BCUT2D eigenvalue weighted by Gasteiger charge is -2.16. The van der Waals surface area contributed by atoms with Gasteiger partial charge in [-0.05, 0) is 39.9 Å². The van der Waals surface area contributed by atoms with E-state index in [4.69, 9.17) is 0 Å². The van der Waals surface area contributed by atoms with Crippen LogP contribution in [-0.4, -0.2) is 34.9 Å². The average molecular weight is 236 g/mol. The normalized spacial score (nSPS) is 11.2. The SMILES string of the molecule is CCN(CC)CC(=O)c1cc(C)n(CC)c1C. The van der Waals surface area contributed by atoms with Gasteiger partial charge in [-0.1, -0.05) is 13.8 Å². The molecule has 1 aromatic heterocycles. The van der Waals surface area contributed by atoms with Crippen molar-refractivity contribution in [2.24, 2.45) is 0 Å². The molecule has 3 nitrogen and oxygen atoms in total. The largest absolute Gasteiger partial charge is 0.349 e. The summed E-state index contributed by atoms with van der Waals surface area (Å²) in [4.78, 5) is 14.4. The van der Waals surface area contributed by atoms with E-state index < -0.39 is 0 Å². The van der Waals surface area contributed by atoms with Crippen molar-refractivity contribution < 1.29 is 4.79 Å². The molecule has 1 heterocycles. The summed E-state index contributed by atoms with van der Waals surface area (Å²) in [6, 6.07) is 2.02.